The molecule has 0 spiro atoms. The second kappa shape index (κ2) is 7.95. The van der Waals surface area contributed by atoms with E-state index >= 15 is 0 Å². The van der Waals surface area contributed by atoms with Crippen LogP contribution < -0.4 is 0 Å². The number of hydrogen-bond acceptors (Lipinski definition) is 5. The zero-order chi connectivity index (χ0) is 21.4. The van der Waals surface area contributed by atoms with Crippen molar-refractivity contribution in [3.63, 3.8) is 0 Å². The second-order valence-electron chi connectivity index (χ2n) is 10.1. The smallest absolute Gasteiger partial charge is 0.410 e. The fraction of sp³-hybridized carbons (Fsp3) is 0.810. The van der Waals surface area contributed by atoms with Crippen LogP contribution in [0.4, 0.5) is 4.79 Å². The van der Waals surface area contributed by atoms with E-state index in [2.05, 4.69) is 29.0 Å². The Labute approximate surface area is 173 Å². The summed E-state index contributed by atoms with van der Waals surface area (Å²) in [5.74, 6) is 1.69. The van der Waals surface area contributed by atoms with Crippen LogP contribution in [0.1, 0.15) is 77.9 Å². The molecule has 0 saturated carbocycles. The Bertz CT molecular complexity index is 752. The van der Waals surface area contributed by atoms with E-state index < -0.39 is 17.7 Å². The third-order valence-corrected chi connectivity index (χ3v) is 5.85. The van der Waals surface area contributed by atoms with Crippen molar-refractivity contribution in [2.45, 2.75) is 84.8 Å². The molecular formula is C21H35N5O3. The van der Waals surface area contributed by atoms with Crippen LogP contribution in [0.5, 0.6) is 0 Å². The maximum Gasteiger partial charge on any atom is 0.410 e. The normalized spacial score (nSPS) is 25.0. The van der Waals surface area contributed by atoms with Crippen molar-refractivity contribution in [2.75, 3.05) is 19.6 Å². The van der Waals surface area contributed by atoms with E-state index in [9.17, 15) is 9.59 Å². The molecule has 8 nitrogen and oxygen atoms in total. The van der Waals surface area contributed by atoms with Crippen LogP contribution in [0.25, 0.3) is 0 Å². The van der Waals surface area contributed by atoms with E-state index in [-0.39, 0.29) is 17.2 Å². The molecule has 2 unspecified atom stereocenters. The van der Waals surface area contributed by atoms with E-state index in [0.717, 1.165) is 37.3 Å². The summed E-state index contributed by atoms with van der Waals surface area (Å²) in [6, 6.07) is -0.515. The molecule has 162 valence electrons. The number of hydrogen-bond donors (Lipinski definition) is 1. The zero-order valence-corrected chi connectivity index (χ0v) is 18.6. The lowest BCUT2D eigenvalue weighted by Gasteiger charge is -2.47. The Morgan fingerprint density at radius 2 is 1.93 bits per heavy atom. The first kappa shape index (κ1) is 21.6. The van der Waals surface area contributed by atoms with Crippen molar-refractivity contribution in [3.8, 4) is 0 Å². The van der Waals surface area contributed by atoms with Gasteiger partial charge in [0.15, 0.2) is 5.82 Å². The van der Waals surface area contributed by atoms with Crippen LogP contribution in [0.2, 0.25) is 0 Å². The summed E-state index contributed by atoms with van der Waals surface area (Å²) in [7, 11) is 0. The molecule has 8 heteroatoms. The fourth-order valence-electron chi connectivity index (χ4n) is 4.48. The molecule has 29 heavy (non-hydrogen) atoms. The lowest BCUT2D eigenvalue weighted by molar-refractivity contribution is -0.145. The lowest BCUT2D eigenvalue weighted by Crippen LogP contribution is -2.61. The zero-order valence-electron chi connectivity index (χ0n) is 18.6. The van der Waals surface area contributed by atoms with Crippen LogP contribution >= 0.6 is 0 Å². The van der Waals surface area contributed by atoms with Gasteiger partial charge in [-0.2, -0.15) is 5.10 Å². The van der Waals surface area contributed by atoms with Crippen molar-refractivity contribution in [1.29, 1.82) is 0 Å². The Balaban J connectivity index is 1.80. The highest BCUT2D eigenvalue weighted by atomic mass is 16.6. The van der Waals surface area contributed by atoms with Gasteiger partial charge in [0.2, 0.25) is 5.91 Å². The average molecular weight is 406 g/mol. The van der Waals surface area contributed by atoms with Gasteiger partial charge < -0.3 is 9.64 Å². The van der Waals surface area contributed by atoms with Gasteiger partial charge in [-0.05, 0) is 58.8 Å². The maximum absolute atomic E-state index is 13.7. The van der Waals surface area contributed by atoms with Gasteiger partial charge in [0.1, 0.15) is 17.5 Å². The molecular weight excluding hydrogens is 370 g/mol. The van der Waals surface area contributed by atoms with Gasteiger partial charge in [-0.3, -0.25) is 14.8 Å². The lowest BCUT2D eigenvalue weighted by atomic mass is 9.75. The number of aromatic amines is 1. The van der Waals surface area contributed by atoms with Gasteiger partial charge in [-0.25, -0.2) is 9.78 Å². The van der Waals surface area contributed by atoms with E-state index in [1.807, 2.05) is 32.6 Å². The maximum atomic E-state index is 13.7. The van der Waals surface area contributed by atoms with Crippen LogP contribution in [0, 0.1) is 12.3 Å². The van der Waals surface area contributed by atoms with Gasteiger partial charge in [0.25, 0.3) is 0 Å². The van der Waals surface area contributed by atoms with Crippen molar-refractivity contribution in [1.82, 2.24) is 25.0 Å². The molecule has 3 heterocycles. The molecule has 2 aliphatic rings. The number of carbonyl (C=O) groups is 2. The minimum atomic E-state index is -0.591. The summed E-state index contributed by atoms with van der Waals surface area (Å²) in [6.07, 6.45) is 3.24. The number of nitrogens with zero attached hydrogens (tertiary/aromatic N) is 4. The summed E-state index contributed by atoms with van der Waals surface area (Å²) < 4.78 is 5.62. The SMILES string of the molecule is Cc1nc(C2CCCN(C(=O)C3N(C(=O)OC(C)(C)C)CCCC3(C)C)C2)n[nH]1. The molecule has 1 aromatic heterocycles. The molecule has 0 radical (unpaired) electrons. The molecule has 0 aromatic carbocycles. The molecule has 1 N–H and O–H groups in total. The molecule has 1 aromatic rings. The summed E-state index contributed by atoms with van der Waals surface area (Å²) in [5, 5.41) is 7.20. The largest absolute Gasteiger partial charge is 0.444 e. The highest BCUT2D eigenvalue weighted by Crippen LogP contribution is 2.38. The predicted octanol–water partition coefficient (Wildman–Crippen LogP) is 3.24. The number of rotatable bonds is 2. The first-order valence-electron chi connectivity index (χ1n) is 10.7. The van der Waals surface area contributed by atoms with Crippen LogP contribution in [0.3, 0.4) is 0 Å². The Morgan fingerprint density at radius 1 is 1.21 bits per heavy atom. The number of carbonyl (C=O) groups excluding carboxylic acids is 2. The highest BCUT2D eigenvalue weighted by molar-refractivity contribution is 5.87. The van der Waals surface area contributed by atoms with Crippen molar-refractivity contribution in [2.24, 2.45) is 5.41 Å². The fourth-order valence-corrected chi connectivity index (χ4v) is 4.48. The Hall–Kier alpha value is -2.12. The number of piperidine rings is 2. The molecule has 2 saturated heterocycles. The molecule has 2 aliphatic heterocycles. The summed E-state index contributed by atoms with van der Waals surface area (Å²) >= 11 is 0. The van der Waals surface area contributed by atoms with Crippen molar-refractivity contribution in [3.05, 3.63) is 11.6 Å². The quantitative estimate of drug-likeness (QED) is 0.815. The Morgan fingerprint density at radius 3 is 2.55 bits per heavy atom. The van der Waals surface area contributed by atoms with Gasteiger partial charge in [0.05, 0.1) is 0 Å². The van der Waals surface area contributed by atoms with Gasteiger partial charge in [-0.15, -0.1) is 0 Å². The Kier molecular flexibility index (Phi) is 5.92. The van der Waals surface area contributed by atoms with Crippen molar-refractivity contribution >= 4 is 12.0 Å². The molecule has 0 aliphatic carbocycles. The van der Waals surface area contributed by atoms with Crippen molar-refractivity contribution < 1.29 is 14.3 Å². The third-order valence-electron chi connectivity index (χ3n) is 5.85. The molecule has 2 amide bonds. The second-order valence-corrected chi connectivity index (χ2v) is 10.1. The first-order chi connectivity index (χ1) is 13.5. The minimum Gasteiger partial charge on any atom is -0.444 e. The number of aromatic nitrogens is 3. The summed E-state index contributed by atoms with van der Waals surface area (Å²) in [5.41, 5.74) is -0.897. The molecule has 2 atom stereocenters. The number of ether oxygens (including phenoxy) is 1. The third kappa shape index (κ3) is 4.90. The summed E-state index contributed by atoms with van der Waals surface area (Å²) in [6.45, 7) is 13.4. The minimum absolute atomic E-state index is 0.0116. The number of amides is 2. The predicted molar refractivity (Wildman–Crippen MR) is 109 cm³/mol. The van der Waals surface area contributed by atoms with Gasteiger partial charge >= 0.3 is 6.09 Å². The number of likely N-dealkylation sites (tertiary alicyclic amines) is 2. The first-order valence-corrected chi connectivity index (χ1v) is 10.7. The van der Waals surface area contributed by atoms with E-state index in [0.29, 0.717) is 19.6 Å². The summed E-state index contributed by atoms with van der Waals surface area (Å²) in [4.78, 5) is 34.6. The van der Waals surface area contributed by atoms with E-state index in [1.165, 1.54) is 0 Å². The average Bonchev–Trinajstić information content (AvgIpc) is 3.05. The van der Waals surface area contributed by atoms with Crippen LogP contribution in [-0.2, 0) is 9.53 Å². The molecule has 3 rings (SSSR count). The van der Waals surface area contributed by atoms with E-state index in [4.69, 9.17) is 4.74 Å². The van der Waals surface area contributed by atoms with E-state index in [1.54, 1.807) is 4.90 Å². The number of nitrogens with one attached hydrogen (secondary N) is 1. The van der Waals surface area contributed by atoms with Gasteiger partial charge in [-0.1, -0.05) is 13.8 Å². The topological polar surface area (TPSA) is 91.4 Å². The van der Waals surface area contributed by atoms with Crippen LogP contribution in [-0.4, -0.2) is 68.3 Å². The standard InChI is InChI=1S/C21H35N5O3/c1-14-22-17(24-23-14)15-9-7-11-25(13-15)18(27)16-21(5,6)10-8-12-26(16)19(28)29-20(2,3)4/h15-16H,7-13H2,1-6H3,(H,22,23,24). The highest BCUT2D eigenvalue weighted by Gasteiger charge is 2.47. The monoisotopic (exact) mass is 405 g/mol. The van der Waals surface area contributed by atoms with Gasteiger partial charge in [0, 0.05) is 25.6 Å². The number of H-pyrrole nitrogens is 1. The molecule has 2 fully saturated rings. The number of aryl methyl sites for hydroxylation is 1. The molecule has 0 bridgehead atoms. The van der Waals surface area contributed by atoms with Crippen LogP contribution in [0.15, 0.2) is 0 Å².